The summed E-state index contributed by atoms with van der Waals surface area (Å²) in [5.41, 5.74) is 2.80. The zero-order valence-corrected chi connectivity index (χ0v) is 13.3. The van der Waals surface area contributed by atoms with Crippen molar-refractivity contribution >= 4 is 23.4 Å². The van der Waals surface area contributed by atoms with Gasteiger partial charge in [0, 0.05) is 11.4 Å². The summed E-state index contributed by atoms with van der Waals surface area (Å²) in [5.74, 6) is -0.990. The van der Waals surface area contributed by atoms with Crippen molar-refractivity contribution in [2.75, 3.05) is 10.6 Å². The van der Waals surface area contributed by atoms with Gasteiger partial charge in [-0.25, -0.2) is 9.59 Å². The van der Waals surface area contributed by atoms with Crippen molar-refractivity contribution in [3.63, 3.8) is 0 Å². The van der Waals surface area contributed by atoms with E-state index in [2.05, 4.69) is 10.6 Å². The lowest BCUT2D eigenvalue weighted by atomic mass is 9.99. The van der Waals surface area contributed by atoms with E-state index >= 15 is 0 Å². The first-order valence-electron chi connectivity index (χ1n) is 7.69. The van der Waals surface area contributed by atoms with Gasteiger partial charge in [0.05, 0.1) is 5.56 Å². The van der Waals surface area contributed by atoms with E-state index in [1.807, 2.05) is 24.3 Å². The maximum Gasteiger partial charge on any atom is 0.336 e. The Hall–Kier alpha value is -3.60. The van der Waals surface area contributed by atoms with Gasteiger partial charge in [-0.3, -0.25) is 0 Å². The van der Waals surface area contributed by atoms with Crippen LogP contribution in [0.1, 0.15) is 10.4 Å². The molecular formula is C20H16N2O3. The molecule has 0 radical (unpaired) electrons. The Labute approximate surface area is 144 Å². The van der Waals surface area contributed by atoms with E-state index in [4.69, 9.17) is 0 Å². The summed E-state index contributed by atoms with van der Waals surface area (Å²) < 4.78 is 0. The fourth-order valence-electron chi connectivity index (χ4n) is 2.50. The number of hydrogen-bond donors (Lipinski definition) is 3. The number of amides is 2. The molecule has 3 aromatic rings. The molecule has 124 valence electrons. The van der Waals surface area contributed by atoms with Crippen LogP contribution in [0.25, 0.3) is 11.1 Å². The molecule has 0 spiro atoms. The van der Waals surface area contributed by atoms with Crippen molar-refractivity contribution < 1.29 is 14.7 Å². The van der Waals surface area contributed by atoms with E-state index in [9.17, 15) is 14.7 Å². The van der Waals surface area contributed by atoms with Crippen LogP contribution in [0.5, 0.6) is 0 Å². The number of benzene rings is 3. The van der Waals surface area contributed by atoms with Gasteiger partial charge in [0.25, 0.3) is 0 Å². The molecule has 0 unspecified atom stereocenters. The Balaban J connectivity index is 1.80. The predicted octanol–water partition coefficient (Wildman–Crippen LogP) is 4.70. The number of carboxylic acids is 1. The second kappa shape index (κ2) is 7.31. The van der Waals surface area contributed by atoms with Gasteiger partial charge < -0.3 is 15.7 Å². The summed E-state index contributed by atoms with van der Waals surface area (Å²) in [6.45, 7) is 0. The van der Waals surface area contributed by atoms with Crippen LogP contribution in [0.3, 0.4) is 0 Å². The highest BCUT2D eigenvalue weighted by Crippen LogP contribution is 2.26. The molecule has 5 nitrogen and oxygen atoms in total. The Morgan fingerprint density at radius 2 is 1.36 bits per heavy atom. The molecule has 0 saturated carbocycles. The van der Waals surface area contributed by atoms with Crippen molar-refractivity contribution in [2.45, 2.75) is 0 Å². The molecule has 3 aromatic carbocycles. The Bertz CT molecular complexity index is 908. The summed E-state index contributed by atoms with van der Waals surface area (Å²) in [5, 5.41) is 14.8. The number of anilines is 2. The number of carbonyl (C=O) groups is 2. The molecule has 0 aliphatic heterocycles. The average Bonchev–Trinajstić information content (AvgIpc) is 2.62. The minimum absolute atomic E-state index is 0.216. The standard InChI is InChI=1S/C20H16N2O3/c23-19(24)18-12-5-4-11-17(18)14-7-6-10-16(13-14)22-20(25)21-15-8-2-1-3-9-15/h1-13H,(H,23,24)(H2,21,22,25). The van der Waals surface area contributed by atoms with Crippen LogP contribution in [0, 0.1) is 0 Å². The Morgan fingerprint density at radius 1 is 0.720 bits per heavy atom. The van der Waals surface area contributed by atoms with Crippen LogP contribution >= 0.6 is 0 Å². The normalized spacial score (nSPS) is 10.1. The summed E-state index contributed by atoms with van der Waals surface area (Å²) >= 11 is 0. The fraction of sp³-hybridized carbons (Fsp3) is 0. The highest BCUT2D eigenvalue weighted by Gasteiger charge is 2.11. The summed E-state index contributed by atoms with van der Waals surface area (Å²) in [4.78, 5) is 23.5. The van der Waals surface area contributed by atoms with E-state index in [0.29, 0.717) is 16.9 Å². The van der Waals surface area contributed by atoms with E-state index in [1.54, 1.807) is 54.6 Å². The Kier molecular flexibility index (Phi) is 4.76. The van der Waals surface area contributed by atoms with Gasteiger partial charge in [0.15, 0.2) is 0 Å². The number of carboxylic acid groups (broad SMARTS) is 1. The lowest BCUT2D eigenvalue weighted by molar-refractivity contribution is 0.0697. The number of nitrogens with one attached hydrogen (secondary N) is 2. The minimum atomic E-state index is -0.990. The van der Waals surface area contributed by atoms with E-state index < -0.39 is 5.97 Å². The molecule has 5 heteroatoms. The second-order valence-corrected chi connectivity index (χ2v) is 5.38. The number of carbonyl (C=O) groups excluding carboxylic acids is 1. The first kappa shape index (κ1) is 16.3. The SMILES string of the molecule is O=C(Nc1ccccc1)Nc1cccc(-c2ccccc2C(=O)O)c1. The number of hydrogen-bond acceptors (Lipinski definition) is 2. The first-order chi connectivity index (χ1) is 12.1. The van der Waals surface area contributed by atoms with Crippen LogP contribution in [-0.2, 0) is 0 Å². The largest absolute Gasteiger partial charge is 0.478 e. The molecule has 2 amide bonds. The van der Waals surface area contributed by atoms with Gasteiger partial charge in [0.1, 0.15) is 0 Å². The molecule has 3 N–H and O–H groups in total. The van der Waals surface area contributed by atoms with Crippen LogP contribution in [0.2, 0.25) is 0 Å². The van der Waals surface area contributed by atoms with Crippen LogP contribution in [0.4, 0.5) is 16.2 Å². The Morgan fingerprint density at radius 3 is 2.12 bits per heavy atom. The van der Waals surface area contributed by atoms with Gasteiger partial charge in [-0.2, -0.15) is 0 Å². The minimum Gasteiger partial charge on any atom is -0.478 e. The van der Waals surface area contributed by atoms with Crippen molar-refractivity contribution in [1.82, 2.24) is 0 Å². The van der Waals surface area contributed by atoms with Gasteiger partial charge in [-0.15, -0.1) is 0 Å². The zero-order valence-electron chi connectivity index (χ0n) is 13.3. The predicted molar refractivity (Wildman–Crippen MR) is 97.9 cm³/mol. The first-order valence-corrected chi connectivity index (χ1v) is 7.69. The zero-order chi connectivity index (χ0) is 17.6. The molecule has 0 aliphatic rings. The maximum absolute atomic E-state index is 12.1. The van der Waals surface area contributed by atoms with Gasteiger partial charge in [-0.05, 0) is 41.5 Å². The molecule has 0 aliphatic carbocycles. The van der Waals surface area contributed by atoms with Gasteiger partial charge in [-0.1, -0.05) is 48.5 Å². The molecule has 0 aromatic heterocycles. The van der Waals surface area contributed by atoms with Crippen LogP contribution in [0.15, 0.2) is 78.9 Å². The smallest absolute Gasteiger partial charge is 0.336 e. The number of rotatable bonds is 4. The fourth-order valence-corrected chi connectivity index (χ4v) is 2.50. The molecule has 0 saturated heterocycles. The second-order valence-electron chi connectivity index (χ2n) is 5.38. The van der Waals surface area contributed by atoms with E-state index in [-0.39, 0.29) is 11.6 Å². The molecule has 0 heterocycles. The molecule has 25 heavy (non-hydrogen) atoms. The highest BCUT2D eigenvalue weighted by atomic mass is 16.4. The molecule has 0 fully saturated rings. The van der Waals surface area contributed by atoms with Crippen molar-refractivity contribution in [3.8, 4) is 11.1 Å². The van der Waals surface area contributed by atoms with E-state index in [1.165, 1.54) is 0 Å². The van der Waals surface area contributed by atoms with Gasteiger partial charge in [0.2, 0.25) is 0 Å². The molecular weight excluding hydrogens is 316 g/mol. The molecule has 0 atom stereocenters. The quantitative estimate of drug-likeness (QED) is 0.648. The van der Waals surface area contributed by atoms with E-state index in [0.717, 1.165) is 5.56 Å². The average molecular weight is 332 g/mol. The maximum atomic E-state index is 12.1. The van der Waals surface area contributed by atoms with Crippen molar-refractivity contribution in [1.29, 1.82) is 0 Å². The monoisotopic (exact) mass is 332 g/mol. The summed E-state index contributed by atoms with van der Waals surface area (Å²) in [6, 6.07) is 22.6. The lowest BCUT2D eigenvalue weighted by Gasteiger charge is -2.10. The molecule has 0 bridgehead atoms. The third kappa shape index (κ3) is 4.03. The topological polar surface area (TPSA) is 78.4 Å². The third-order valence-corrected chi connectivity index (χ3v) is 3.62. The van der Waals surface area contributed by atoms with Crippen molar-refractivity contribution in [3.05, 3.63) is 84.4 Å². The summed E-state index contributed by atoms with van der Waals surface area (Å²) in [6.07, 6.45) is 0. The van der Waals surface area contributed by atoms with Crippen LogP contribution in [-0.4, -0.2) is 17.1 Å². The molecule has 3 rings (SSSR count). The third-order valence-electron chi connectivity index (χ3n) is 3.62. The highest BCUT2D eigenvalue weighted by molar-refractivity contribution is 6.01. The number of aromatic carboxylic acids is 1. The van der Waals surface area contributed by atoms with Crippen LogP contribution < -0.4 is 10.6 Å². The van der Waals surface area contributed by atoms with Gasteiger partial charge >= 0.3 is 12.0 Å². The number of para-hydroxylation sites is 1. The lowest BCUT2D eigenvalue weighted by Crippen LogP contribution is -2.19. The van der Waals surface area contributed by atoms with Crippen molar-refractivity contribution in [2.24, 2.45) is 0 Å². The summed E-state index contributed by atoms with van der Waals surface area (Å²) in [7, 11) is 0. The number of urea groups is 1.